The van der Waals surface area contributed by atoms with Crippen LogP contribution in [0.3, 0.4) is 0 Å². The molecule has 45 heavy (non-hydrogen) atoms. The third-order valence-corrected chi connectivity index (χ3v) is 8.25. The number of para-hydroxylation sites is 1. The molecular formula is C37H38N4O4. The Labute approximate surface area is 263 Å². The van der Waals surface area contributed by atoms with Crippen molar-refractivity contribution in [3.05, 3.63) is 126 Å². The largest absolute Gasteiger partial charge is 0.454 e. The quantitative estimate of drug-likeness (QED) is 0.192. The average Bonchev–Trinajstić information content (AvgIpc) is 3.72. The van der Waals surface area contributed by atoms with Crippen LogP contribution in [0, 0.1) is 0 Å². The van der Waals surface area contributed by atoms with E-state index in [-0.39, 0.29) is 25.2 Å². The first-order chi connectivity index (χ1) is 21.9. The summed E-state index contributed by atoms with van der Waals surface area (Å²) in [4.78, 5) is 37.0. The molecule has 8 nitrogen and oxygen atoms in total. The number of rotatable bonds is 12. The number of hydrogen-bond acceptors (Lipinski definition) is 5. The summed E-state index contributed by atoms with van der Waals surface area (Å²) in [6.45, 7) is 1.45. The van der Waals surface area contributed by atoms with E-state index in [4.69, 9.17) is 9.47 Å². The Kier molecular flexibility index (Phi) is 9.01. The van der Waals surface area contributed by atoms with Crippen LogP contribution in [-0.4, -0.2) is 67.1 Å². The van der Waals surface area contributed by atoms with Crippen molar-refractivity contribution >= 4 is 28.4 Å². The third-order valence-electron chi connectivity index (χ3n) is 8.25. The third kappa shape index (κ3) is 7.12. The Bertz CT molecular complexity index is 1760. The van der Waals surface area contributed by atoms with Gasteiger partial charge in [0.15, 0.2) is 11.5 Å². The van der Waals surface area contributed by atoms with Gasteiger partial charge in [-0.25, -0.2) is 0 Å². The highest BCUT2D eigenvalue weighted by Crippen LogP contribution is 2.33. The van der Waals surface area contributed by atoms with Crippen molar-refractivity contribution in [2.75, 3.05) is 45.4 Å². The van der Waals surface area contributed by atoms with Gasteiger partial charge in [-0.05, 0) is 65.9 Å². The monoisotopic (exact) mass is 602 g/mol. The fourth-order valence-electron chi connectivity index (χ4n) is 5.64. The molecule has 2 amide bonds. The van der Waals surface area contributed by atoms with Gasteiger partial charge in [0.25, 0.3) is 5.91 Å². The molecule has 230 valence electrons. The molecule has 0 aliphatic carbocycles. The van der Waals surface area contributed by atoms with Gasteiger partial charge in [-0.15, -0.1) is 0 Å². The van der Waals surface area contributed by atoms with Gasteiger partial charge >= 0.3 is 0 Å². The van der Waals surface area contributed by atoms with E-state index in [2.05, 4.69) is 46.3 Å². The summed E-state index contributed by atoms with van der Waals surface area (Å²) < 4.78 is 11.0. The minimum atomic E-state index is -0.218. The van der Waals surface area contributed by atoms with E-state index in [0.29, 0.717) is 49.5 Å². The fraction of sp³-hybridized carbons (Fsp3) is 0.243. The summed E-state index contributed by atoms with van der Waals surface area (Å²) >= 11 is 0. The normalized spacial score (nSPS) is 11.9. The molecule has 1 aromatic heterocycles. The Balaban J connectivity index is 1.24. The molecule has 2 heterocycles. The minimum Gasteiger partial charge on any atom is -0.454 e. The Morgan fingerprint density at radius 3 is 2.29 bits per heavy atom. The highest BCUT2D eigenvalue weighted by atomic mass is 16.7. The number of carbonyl (C=O) groups excluding carboxylic acids is 2. The van der Waals surface area contributed by atoms with E-state index in [0.717, 1.165) is 33.3 Å². The lowest BCUT2D eigenvalue weighted by Crippen LogP contribution is -2.44. The number of carbonyl (C=O) groups is 2. The minimum absolute atomic E-state index is 0.0379. The van der Waals surface area contributed by atoms with Crippen molar-refractivity contribution in [3.63, 3.8) is 0 Å². The summed E-state index contributed by atoms with van der Waals surface area (Å²) in [6.07, 6.45) is 3.34. The number of fused-ring (bicyclic) bond motifs is 2. The van der Waals surface area contributed by atoms with E-state index in [9.17, 15) is 9.59 Å². The number of anilines is 1. The van der Waals surface area contributed by atoms with Crippen molar-refractivity contribution < 1.29 is 19.1 Å². The maximum Gasteiger partial charge on any atom is 0.254 e. The van der Waals surface area contributed by atoms with Gasteiger partial charge in [0.1, 0.15) is 6.54 Å². The standard InChI is InChI=1S/C37H38N4O4/c1-39(2)31-15-12-28(13-16-31)24-40(21-19-30-23-38-33-11-7-6-10-32(30)33)36(42)25-41(20-18-27-8-4-3-5-9-27)37(43)29-14-17-34-35(22-29)45-26-44-34/h3-17,22-23,38H,18-21,24-26H2,1-2H3. The molecule has 1 aliphatic rings. The average molecular weight is 603 g/mol. The maximum atomic E-state index is 14.2. The van der Waals surface area contributed by atoms with Crippen molar-refractivity contribution in [1.29, 1.82) is 0 Å². The van der Waals surface area contributed by atoms with Crippen LogP contribution in [0.5, 0.6) is 11.5 Å². The van der Waals surface area contributed by atoms with E-state index < -0.39 is 0 Å². The molecule has 0 radical (unpaired) electrons. The first-order valence-corrected chi connectivity index (χ1v) is 15.3. The molecule has 5 aromatic rings. The van der Waals surface area contributed by atoms with E-state index in [1.165, 1.54) is 0 Å². The number of hydrogen-bond donors (Lipinski definition) is 1. The van der Waals surface area contributed by atoms with Crippen LogP contribution in [0.1, 0.15) is 27.0 Å². The summed E-state index contributed by atoms with van der Waals surface area (Å²) in [5.74, 6) is 0.831. The predicted molar refractivity (Wildman–Crippen MR) is 177 cm³/mol. The van der Waals surface area contributed by atoms with Crippen LogP contribution in [0.4, 0.5) is 5.69 Å². The number of nitrogens with zero attached hydrogens (tertiary/aromatic N) is 3. The van der Waals surface area contributed by atoms with Crippen LogP contribution in [-0.2, 0) is 24.2 Å². The lowest BCUT2D eigenvalue weighted by atomic mass is 10.1. The van der Waals surface area contributed by atoms with E-state index >= 15 is 0 Å². The van der Waals surface area contributed by atoms with Crippen LogP contribution < -0.4 is 14.4 Å². The van der Waals surface area contributed by atoms with Gasteiger partial charge in [-0.1, -0.05) is 60.7 Å². The van der Waals surface area contributed by atoms with Crippen LogP contribution >= 0.6 is 0 Å². The number of benzene rings is 4. The summed E-state index contributed by atoms with van der Waals surface area (Å²) in [6, 6.07) is 31.6. The molecule has 4 aromatic carbocycles. The summed E-state index contributed by atoms with van der Waals surface area (Å²) in [7, 11) is 4.01. The first-order valence-electron chi connectivity index (χ1n) is 15.3. The van der Waals surface area contributed by atoms with Crippen LogP contribution in [0.25, 0.3) is 10.9 Å². The van der Waals surface area contributed by atoms with Gasteiger partial charge < -0.3 is 29.2 Å². The zero-order valence-corrected chi connectivity index (χ0v) is 25.7. The Morgan fingerprint density at radius 2 is 1.49 bits per heavy atom. The number of ether oxygens (including phenoxy) is 2. The molecule has 0 bridgehead atoms. The van der Waals surface area contributed by atoms with Gasteiger partial charge in [0.05, 0.1) is 0 Å². The van der Waals surface area contributed by atoms with E-state index in [1.54, 1.807) is 23.1 Å². The number of H-pyrrole nitrogens is 1. The van der Waals surface area contributed by atoms with Crippen molar-refractivity contribution in [3.8, 4) is 11.5 Å². The van der Waals surface area contributed by atoms with Crippen molar-refractivity contribution in [2.45, 2.75) is 19.4 Å². The number of nitrogens with one attached hydrogen (secondary N) is 1. The number of aromatic nitrogens is 1. The maximum absolute atomic E-state index is 14.2. The van der Waals surface area contributed by atoms with Crippen LogP contribution in [0.15, 0.2) is 103 Å². The summed E-state index contributed by atoms with van der Waals surface area (Å²) in [5.41, 5.74) is 5.92. The molecule has 1 aliphatic heterocycles. The second-order valence-electron chi connectivity index (χ2n) is 11.5. The highest BCUT2D eigenvalue weighted by Gasteiger charge is 2.25. The van der Waals surface area contributed by atoms with Gasteiger partial charge in [-0.2, -0.15) is 0 Å². The smallest absolute Gasteiger partial charge is 0.254 e. The van der Waals surface area contributed by atoms with Crippen molar-refractivity contribution in [1.82, 2.24) is 14.8 Å². The zero-order chi connectivity index (χ0) is 31.2. The highest BCUT2D eigenvalue weighted by molar-refractivity contribution is 5.97. The lowest BCUT2D eigenvalue weighted by Gasteiger charge is -2.28. The first kappa shape index (κ1) is 29.8. The van der Waals surface area contributed by atoms with E-state index in [1.807, 2.05) is 67.7 Å². The predicted octanol–water partition coefficient (Wildman–Crippen LogP) is 5.92. The SMILES string of the molecule is CN(C)c1ccc(CN(CCc2c[nH]c3ccccc23)C(=O)CN(CCc2ccccc2)C(=O)c2ccc3c(c2)OCO3)cc1. The van der Waals surface area contributed by atoms with Gasteiger partial charge in [0, 0.05) is 62.1 Å². The second kappa shape index (κ2) is 13.6. The Hall–Kier alpha value is -5.24. The molecule has 0 atom stereocenters. The number of amides is 2. The summed E-state index contributed by atoms with van der Waals surface area (Å²) in [5, 5.41) is 1.16. The van der Waals surface area contributed by atoms with Crippen LogP contribution in [0.2, 0.25) is 0 Å². The lowest BCUT2D eigenvalue weighted by molar-refractivity contribution is -0.132. The molecule has 0 saturated carbocycles. The number of aromatic amines is 1. The molecule has 0 fully saturated rings. The van der Waals surface area contributed by atoms with Crippen molar-refractivity contribution in [2.24, 2.45) is 0 Å². The topological polar surface area (TPSA) is 78.1 Å². The molecule has 6 rings (SSSR count). The fourth-order valence-corrected chi connectivity index (χ4v) is 5.64. The zero-order valence-electron chi connectivity index (χ0n) is 25.7. The van der Waals surface area contributed by atoms with Gasteiger partial charge in [-0.3, -0.25) is 9.59 Å². The molecule has 8 heteroatoms. The van der Waals surface area contributed by atoms with Gasteiger partial charge in [0.2, 0.25) is 12.7 Å². The molecular weight excluding hydrogens is 564 g/mol. The molecule has 0 saturated heterocycles. The molecule has 0 spiro atoms. The Morgan fingerprint density at radius 1 is 0.756 bits per heavy atom. The second-order valence-corrected chi connectivity index (χ2v) is 11.5. The molecule has 1 N–H and O–H groups in total. The molecule has 0 unspecified atom stereocenters.